The van der Waals surface area contributed by atoms with Crippen LogP contribution in [0, 0.1) is 0 Å². The summed E-state index contributed by atoms with van der Waals surface area (Å²) in [7, 11) is 1.83. The molecular formula is C24H37IN6. The highest BCUT2D eigenvalue weighted by atomic mass is 127. The number of pyridine rings is 1. The average molecular weight is 537 g/mol. The van der Waals surface area contributed by atoms with E-state index >= 15 is 0 Å². The van der Waals surface area contributed by atoms with E-state index in [0.717, 1.165) is 51.0 Å². The van der Waals surface area contributed by atoms with Gasteiger partial charge in [0.15, 0.2) is 5.96 Å². The summed E-state index contributed by atoms with van der Waals surface area (Å²) >= 11 is 0. The van der Waals surface area contributed by atoms with Crippen molar-refractivity contribution in [2.45, 2.75) is 39.3 Å². The van der Waals surface area contributed by atoms with Gasteiger partial charge < -0.3 is 15.5 Å². The minimum atomic E-state index is 0. The van der Waals surface area contributed by atoms with Gasteiger partial charge in [-0.25, -0.2) is 4.98 Å². The molecule has 2 aromatic rings. The van der Waals surface area contributed by atoms with Gasteiger partial charge in [0.05, 0.1) is 6.04 Å². The molecule has 2 N–H and O–H groups in total. The summed E-state index contributed by atoms with van der Waals surface area (Å²) < 4.78 is 0. The molecule has 0 radical (unpaired) electrons. The van der Waals surface area contributed by atoms with Crippen molar-refractivity contribution in [3.05, 3.63) is 59.8 Å². The second kappa shape index (κ2) is 13.5. The summed E-state index contributed by atoms with van der Waals surface area (Å²) in [5.74, 6) is 1.91. The number of likely N-dealkylation sites (N-methyl/N-ethyl adjacent to an activating group) is 1. The lowest BCUT2D eigenvalue weighted by atomic mass is 10.1. The van der Waals surface area contributed by atoms with Crippen molar-refractivity contribution >= 4 is 35.8 Å². The summed E-state index contributed by atoms with van der Waals surface area (Å²) in [4.78, 5) is 13.8. The topological polar surface area (TPSA) is 55.8 Å². The number of nitrogens with one attached hydrogen (secondary N) is 2. The number of guanidine groups is 1. The number of benzene rings is 1. The maximum Gasteiger partial charge on any atom is 0.191 e. The molecule has 6 nitrogen and oxygen atoms in total. The molecule has 170 valence electrons. The Morgan fingerprint density at radius 2 is 1.81 bits per heavy atom. The van der Waals surface area contributed by atoms with Crippen LogP contribution < -0.4 is 15.5 Å². The Bertz CT molecular complexity index is 788. The van der Waals surface area contributed by atoms with Gasteiger partial charge in [-0.3, -0.25) is 9.89 Å². The average Bonchev–Trinajstić information content (AvgIpc) is 3.34. The Kier molecular flexibility index (Phi) is 11.1. The highest BCUT2D eigenvalue weighted by molar-refractivity contribution is 14.0. The monoisotopic (exact) mass is 536 g/mol. The third-order valence-corrected chi connectivity index (χ3v) is 5.82. The Morgan fingerprint density at radius 1 is 1.10 bits per heavy atom. The fourth-order valence-corrected chi connectivity index (χ4v) is 4.09. The van der Waals surface area contributed by atoms with Crippen LogP contribution in [-0.2, 0) is 6.54 Å². The molecular weight excluding hydrogens is 499 g/mol. The smallest absolute Gasteiger partial charge is 0.191 e. The quantitative estimate of drug-likeness (QED) is 0.288. The second-order valence-electron chi connectivity index (χ2n) is 7.67. The van der Waals surface area contributed by atoms with Crippen LogP contribution >= 0.6 is 24.0 Å². The molecule has 1 fully saturated rings. The van der Waals surface area contributed by atoms with Crippen LogP contribution in [0.15, 0.2) is 53.7 Å². The molecule has 3 rings (SSSR count). The summed E-state index contributed by atoms with van der Waals surface area (Å²) in [6.07, 6.45) is 4.43. The Morgan fingerprint density at radius 3 is 2.45 bits per heavy atom. The molecule has 7 heteroatoms. The Labute approximate surface area is 204 Å². The van der Waals surface area contributed by atoms with Crippen LogP contribution in [0.4, 0.5) is 5.82 Å². The molecule has 31 heavy (non-hydrogen) atoms. The van der Waals surface area contributed by atoms with E-state index in [0.29, 0.717) is 6.04 Å². The van der Waals surface area contributed by atoms with Crippen molar-refractivity contribution in [1.82, 2.24) is 20.5 Å². The zero-order valence-corrected chi connectivity index (χ0v) is 21.4. The third kappa shape index (κ3) is 7.35. The number of hydrogen-bond acceptors (Lipinski definition) is 4. The van der Waals surface area contributed by atoms with Crippen LogP contribution in [0.25, 0.3) is 0 Å². The number of hydrogen-bond donors (Lipinski definition) is 2. The van der Waals surface area contributed by atoms with Crippen molar-refractivity contribution in [3.63, 3.8) is 0 Å². The minimum absolute atomic E-state index is 0. The van der Waals surface area contributed by atoms with Gasteiger partial charge in [-0.05, 0) is 49.2 Å². The normalized spacial score (nSPS) is 15.0. The zero-order chi connectivity index (χ0) is 21.2. The summed E-state index contributed by atoms with van der Waals surface area (Å²) in [6.45, 7) is 10.2. The van der Waals surface area contributed by atoms with Gasteiger partial charge in [-0.15, -0.1) is 24.0 Å². The van der Waals surface area contributed by atoms with Crippen molar-refractivity contribution in [2.24, 2.45) is 4.99 Å². The molecule has 0 saturated carbocycles. The largest absolute Gasteiger partial charge is 0.357 e. The second-order valence-corrected chi connectivity index (χ2v) is 7.67. The summed E-state index contributed by atoms with van der Waals surface area (Å²) in [5, 5.41) is 6.99. The fraction of sp³-hybridized carbons (Fsp3) is 0.500. The predicted octanol–water partition coefficient (Wildman–Crippen LogP) is 4.05. The molecule has 1 saturated heterocycles. The van der Waals surface area contributed by atoms with E-state index < -0.39 is 0 Å². The van der Waals surface area contributed by atoms with Gasteiger partial charge in [0.2, 0.25) is 0 Å². The lowest BCUT2D eigenvalue weighted by molar-refractivity contribution is 0.219. The standard InChI is InChI=1S/C24H36N6.HI/c1-4-29(5-2)22(21-11-7-6-8-12-21)19-28-24(25-3)27-18-20-13-14-26-23(17-20)30-15-9-10-16-30;/h6-8,11-14,17,22H,4-5,9-10,15-16,18-19H2,1-3H3,(H2,25,27,28);1H. The van der Waals surface area contributed by atoms with Gasteiger partial charge in [0.25, 0.3) is 0 Å². The first-order valence-corrected chi connectivity index (χ1v) is 11.2. The maximum absolute atomic E-state index is 4.55. The van der Waals surface area contributed by atoms with E-state index in [-0.39, 0.29) is 24.0 Å². The van der Waals surface area contributed by atoms with Crippen molar-refractivity contribution in [3.8, 4) is 0 Å². The predicted molar refractivity (Wildman–Crippen MR) is 141 cm³/mol. The van der Waals surface area contributed by atoms with E-state index in [1.165, 1.54) is 24.0 Å². The first-order valence-electron chi connectivity index (χ1n) is 11.2. The highest BCUT2D eigenvalue weighted by Crippen LogP contribution is 2.20. The SMILES string of the molecule is CCN(CC)C(CNC(=NC)NCc1ccnc(N2CCCC2)c1)c1ccccc1.I. The molecule has 1 aromatic carbocycles. The highest BCUT2D eigenvalue weighted by Gasteiger charge is 2.18. The number of nitrogens with zero attached hydrogens (tertiary/aromatic N) is 4. The molecule has 1 aliphatic rings. The molecule has 0 spiro atoms. The van der Waals surface area contributed by atoms with Crippen molar-refractivity contribution in [2.75, 3.05) is 44.7 Å². The minimum Gasteiger partial charge on any atom is -0.357 e. The Balaban J connectivity index is 0.00000341. The molecule has 0 bridgehead atoms. The molecule has 2 heterocycles. The first kappa shape index (κ1) is 25.4. The molecule has 1 atom stereocenters. The zero-order valence-electron chi connectivity index (χ0n) is 19.1. The van der Waals surface area contributed by atoms with E-state index in [9.17, 15) is 0 Å². The van der Waals surface area contributed by atoms with E-state index in [1.54, 1.807) is 0 Å². The lowest BCUT2D eigenvalue weighted by Crippen LogP contribution is -2.43. The fourth-order valence-electron chi connectivity index (χ4n) is 4.09. The van der Waals surface area contributed by atoms with Gasteiger partial charge in [-0.2, -0.15) is 0 Å². The lowest BCUT2D eigenvalue weighted by Gasteiger charge is -2.30. The molecule has 0 aliphatic carbocycles. The molecule has 1 aromatic heterocycles. The van der Waals surface area contributed by atoms with Gasteiger partial charge >= 0.3 is 0 Å². The maximum atomic E-state index is 4.55. The first-order chi connectivity index (χ1) is 14.7. The summed E-state index contributed by atoms with van der Waals surface area (Å²) in [5.41, 5.74) is 2.55. The number of anilines is 1. The van der Waals surface area contributed by atoms with Crippen LogP contribution in [-0.4, -0.2) is 55.6 Å². The van der Waals surface area contributed by atoms with Crippen LogP contribution in [0.2, 0.25) is 0 Å². The molecule has 0 amide bonds. The van der Waals surface area contributed by atoms with E-state index in [4.69, 9.17) is 0 Å². The molecule has 1 aliphatic heterocycles. The Hall–Kier alpha value is -1.87. The molecule has 1 unspecified atom stereocenters. The van der Waals surface area contributed by atoms with E-state index in [2.05, 4.69) is 86.7 Å². The number of aromatic nitrogens is 1. The third-order valence-electron chi connectivity index (χ3n) is 5.82. The van der Waals surface area contributed by atoms with Gasteiger partial charge in [-0.1, -0.05) is 44.2 Å². The summed E-state index contributed by atoms with van der Waals surface area (Å²) in [6, 6.07) is 15.3. The van der Waals surface area contributed by atoms with Gasteiger partial charge in [0, 0.05) is 39.4 Å². The van der Waals surface area contributed by atoms with Crippen LogP contribution in [0.1, 0.15) is 43.9 Å². The number of rotatable bonds is 9. The van der Waals surface area contributed by atoms with Crippen LogP contribution in [0.3, 0.4) is 0 Å². The number of halogens is 1. The van der Waals surface area contributed by atoms with E-state index in [1.807, 2.05) is 13.2 Å². The van der Waals surface area contributed by atoms with Crippen molar-refractivity contribution < 1.29 is 0 Å². The van der Waals surface area contributed by atoms with Crippen molar-refractivity contribution in [1.29, 1.82) is 0 Å². The number of aliphatic imine (C=N–C) groups is 1. The van der Waals surface area contributed by atoms with Gasteiger partial charge in [0.1, 0.15) is 5.82 Å². The van der Waals surface area contributed by atoms with Crippen LogP contribution in [0.5, 0.6) is 0 Å².